The standard InChI is InChI=1S/C18H24N4O2.ClH/c1-14(2)13-24-16-12-22(15-6-4-3-5-7-15)20-17(16)18(23)21-10-8-19-9-11-21;/h3-7,12,14,19H,8-11,13H2,1-2H3;1H. The smallest absolute Gasteiger partial charge is 0.278 e. The van der Waals surface area contributed by atoms with Gasteiger partial charge < -0.3 is 15.0 Å². The van der Waals surface area contributed by atoms with Crippen molar-refractivity contribution in [2.75, 3.05) is 32.8 Å². The van der Waals surface area contributed by atoms with Gasteiger partial charge in [0.25, 0.3) is 5.91 Å². The highest BCUT2D eigenvalue weighted by Gasteiger charge is 2.25. The zero-order valence-corrected chi connectivity index (χ0v) is 15.5. The molecule has 1 saturated heterocycles. The highest BCUT2D eigenvalue weighted by atomic mass is 35.5. The highest BCUT2D eigenvalue weighted by Crippen LogP contribution is 2.22. The van der Waals surface area contributed by atoms with Gasteiger partial charge in [-0.2, -0.15) is 5.10 Å². The lowest BCUT2D eigenvalue weighted by atomic mass is 10.2. The maximum absolute atomic E-state index is 12.9. The number of carbonyl (C=O) groups excluding carboxylic acids is 1. The van der Waals surface area contributed by atoms with Crippen LogP contribution in [0.1, 0.15) is 24.3 Å². The van der Waals surface area contributed by atoms with Crippen LogP contribution < -0.4 is 10.1 Å². The van der Waals surface area contributed by atoms with Gasteiger partial charge in [0.2, 0.25) is 0 Å². The molecule has 0 unspecified atom stereocenters. The van der Waals surface area contributed by atoms with Crippen LogP contribution >= 0.6 is 12.4 Å². The number of hydrogen-bond donors (Lipinski definition) is 1. The monoisotopic (exact) mass is 364 g/mol. The minimum atomic E-state index is -0.0649. The SMILES string of the molecule is CC(C)COc1cn(-c2ccccc2)nc1C(=O)N1CCNCC1.Cl. The zero-order chi connectivity index (χ0) is 16.9. The second kappa shape index (κ2) is 8.87. The van der Waals surface area contributed by atoms with E-state index in [0.717, 1.165) is 18.8 Å². The van der Waals surface area contributed by atoms with E-state index in [0.29, 0.717) is 37.1 Å². The summed E-state index contributed by atoms with van der Waals surface area (Å²) in [5.41, 5.74) is 1.30. The second-order valence-corrected chi connectivity index (χ2v) is 6.37. The third-order valence-corrected chi connectivity index (χ3v) is 3.88. The van der Waals surface area contributed by atoms with Crippen LogP contribution in [0.25, 0.3) is 5.69 Å². The van der Waals surface area contributed by atoms with Crippen molar-refractivity contribution in [1.82, 2.24) is 20.0 Å². The summed E-state index contributed by atoms with van der Waals surface area (Å²) < 4.78 is 7.58. The van der Waals surface area contributed by atoms with Crippen molar-refractivity contribution in [2.24, 2.45) is 5.92 Å². The first kappa shape index (κ1) is 19.3. The Bertz CT molecular complexity index is 682. The number of nitrogens with one attached hydrogen (secondary N) is 1. The van der Waals surface area contributed by atoms with Gasteiger partial charge in [0.05, 0.1) is 18.5 Å². The molecular formula is C18H25ClN4O2. The molecular weight excluding hydrogens is 340 g/mol. The summed E-state index contributed by atoms with van der Waals surface area (Å²) in [6.45, 7) is 7.74. The van der Waals surface area contributed by atoms with Crippen molar-refractivity contribution >= 4 is 18.3 Å². The lowest BCUT2D eigenvalue weighted by Gasteiger charge is -2.26. The molecule has 1 aromatic heterocycles. The molecule has 1 aliphatic heterocycles. The van der Waals surface area contributed by atoms with Gasteiger partial charge in [-0.15, -0.1) is 12.4 Å². The maximum atomic E-state index is 12.9. The van der Waals surface area contributed by atoms with E-state index in [4.69, 9.17) is 4.74 Å². The van der Waals surface area contributed by atoms with Crippen LogP contribution in [-0.4, -0.2) is 53.4 Å². The van der Waals surface area contributed by atoms with Gasteiger partial charge >= 0.3 is 0 Å². The molecule has 0 aliphatic carbocycles. The average molecular weight is 365 g/mol. The Morgan fingerprint density at radius 2 is 1.92 bits per heavy atom. The molecule has 3 rings (SSSR count). The van der Waals surface area contributed by atoms with Crippen LogP contribution in [-0.2, 0) is 0 Å². The summed E-state index contributed by atoms with van der Waals surface area (Å²) in [6, 6.07) is 9.76. The molecule has 1 amide bonds. The molecule has 1 aromatic carbocycles. The molecule has 136 valence electrons. The number of amides is 1. The molecule has 1 N–H and O–H groups in total. The number of benzene rings is 1. The van der Waals surface area contributed by atoms with Gasteiger partial charge in [0.15, 0.2) is 11.4 Å². The molecule has 1 fully saturated rings. The molecule has 25 heavy (non-hydrogen) atoms. The molecule has 2 heterocycles. The van der Waals surface area contributed by atoms with E-state index in [1.165, 1.54) is 0 Å². The summed E-state index contributed by atoms with van der Waals surface area (Å²) in [7, 11) is 0. The van der Waals surface area contributed by atoms with E-state index < -0.39 is 0 Å². The highest BCUT2D eigenvalue weighted by molar-refractivity contribution is 5.95. The van der Waals surface area contributed by atoms with Crippen LogP contribution in [0.15, 0.2) is 36.5 Å². The van der Waals surface area contributed by atoms with E-state index >= 15 is 0 Å². The van der Waals surface area contributed by atoms with E-state index in [9.17, 15) is 4.79 Å². The molecule has 0 spiro atoms. The topological polar surface area (TPSA) is 59.4 Å². The number of piperazine rings is 1. The summed E-state index contributed by atoms with van der Waals surface area (Å²) in [5.74, 6) is 0.869. The van der Waals surface area contributed by atoms with Gasteiger partial charge in [-0.1, -0.05) is 32.0 Å². The Labute approximate surface area is 154 Å². The van der Waals surface area contributed by atoms with Gasteiger partial charge in [-0.25, -0.2) is 4.68 Å². The number of aromatic nitrogens is 2. The van der Waals surface area contributed by atoms with E-state index in [-0.39, 0.29) is 18.3 Å². The Balaban J connectivity index is 0.00000225. The number of halogens is 1. The van der Waals surface area contributed by atoms with Crippen LogP contribution in [0.4, 0.5) is 0 Å². The minimum absolute atomic E-state index is 0. The largest absolute Gasteiger partial charge is 0.489 e. The molecule has 2 aromatic rings. The first-order valence-corrected chi connectivity index (χ1v) is 8.43. The van der Waals surface area contributed by atoms with Gasteiger partial charge in [0, 0.05) is 26.2 Å². The summed E-state index contributed by atoms with van der Waals surface area (Å²) in [6.07, 6.45) is 1.80. The third-order valence-electron chi connectivity index (χ3n) is 3.88. The van der Waals surface area contributed by atoms with Crippen LogP contribution in [0.2, 0.25) is 0 Å². The van der Waals surface area contributed by atoms with Crippen molar-refractivity contribution in [2.45, 2.75) is 13.8 Å². The Morgan fingerprint density at radius 3 is 2.56 bits per heavy atom. The van der Waals surface area contributed by atoms with Crippen molar-refractivity contribution in [3.63, 3.8) is 0 Å². The van der Waals surface area contributed by atoms with Crippen molar-refractivity contribution in [1.29, 1.82) is 0 Å². The van der Waals surface area contributed by atoms with Crippen LogP contribution in [0, 0.1) is 5.92 Å². The fourth-order valence-electron chi connectivity index (χ4n) is 2.60. The second-order valence-electron chi connectivity index (χ2n) is 6.37. The molecule has 0 radical (unpaired) electrons. The minimum Gasteiger partial charge on any atom is -0.489 e. The number of carbonyl (C=O) groups is 1. The Morgan fingerprint density at radius 1 is 1.24 bits per heavy atom. The molecule has 0 atom stereocenters. The number of hydrogen-bond acceptors (Lipinski definition) is 4. The number of nitrogens with zero attached hydrogens (tertiary/aromatic N) is 3. The normalized spacial score (nSPS) is 14.3. The third kappa shape index (κ3) is 4.74. The number of ether oxygens (including phenoxy) is 1. The van der Waals surface area contributed by atoms with Crippen molar-refractivity contribution in [3.05, 3.63) is 42.2 Å². The summed E-state index contributed by atoms with van der Waals surface area (Å²) >= 11 is 0. The van der Waals surface area contributed by atoms with Crippen molar-refractivity contribution in [3.8, 4) is 11.4 Å². The molecule has 0 bridgehead atoms. The zero-order valence-electron chi connectivity index (χ0n) is 14.6. The van der Waals surface area contributed by atoms with E-state index in [1.54, 1.807) is 10.9 Å². The molecule has 6 nitrogen and oxygen atoms in total. The first-order valence-electron chi connectivity index (χ1n) is 8.43. The van der Waals surface area contributed by atoms with Gasteiger partial charge in [0.1, 0.15) is 0 Å². The lowest BCUT2D eigenvalue weighted by Crippen LogP contribution is -2.46. The average Bonchev–Trinajstić information content (AvgIpc) is 3.05. The number of rotatable bonds is 5. The number of para-hydroxylation sites is 1. The van der Waals surface area contributed by atoms with E-state index in [1.807, 2.05) is 35.2 Å². The fraction of sp³-hybridized carbons (Fsp3) is 0.444. The van der Waals surface area contributed by atoms with E-state index in [2.05, 4.69) is 24.3 Å². The van der Waals surface area contributed by atoms with Crippen LogP contribution in [0.5, 0.6) is 5.75 Å². The Hall–Kier alpha value is -2.05. The van der Waals surface area contributed by atoms with Crippen LogP contribution in [0.3, 0.4) is 0 Å². The van der Waals surface area contributed by atoms with Gasteiger partial charge in [-0.05, 0) is 18.1 Å². The van der Waals surface area contributed by atoms with Gasteiger partial charge in [-0.3, -0.25) is 4.79 Å². The summed E-state index contributed by atoms with van der Waals surface area (Å²) in [4.78, 5) is 14.7. The first-order chi connectivity index (χ1) is 11.6. The van der Waals surface area contributed by atoms with Crippen molar-refractivity contribution < 1.29 is 9.53 Å². The molecule has 0 saturated carbocycles. The molecule has 1 aliphatic rings. The Kier molecular flexibility index (Phi) is 6.84. The predicted octanol–water partition coefficient (Wildman–Crippen LogP) is 2.37. The quantitative estimate of drug-likeness (QED) is 0.884. The summed E-state index contributed by atoms with van der Waals surface area (Å²) in [5, 5.41) is 7.77. The lowest BCUT2D eigenvalue weighted by molar-refractivity contribution is 0.0724. The molecule has 7 heteroatoms. The fourth-order valence-corrected chi connectivity index (χ4v) is 2.60. The maximum Gasteiger partial charge on any atom is 0.278 e. The predicted molar refractivity (Wildman–Crippen MR) is 99.9 cm³/mol.